The third-order valence-corrected chi connectivity index (χ3v) is 3.87. The Morgan fingerprint density at radius 1 is 0.966 bits per heavy atom. The van der Waals surface area contributed by atoms with Crippen molar-refractivity contribution in [2.45, 2.75) is 26.0 Å². The smallest absolute Gasteiger partial charge is 0.329 e. The minimum absolute atomic E-state index is 0.245. The minimum atomic E-state index is -1.06. The van der Waals surface area contributed by atoms with Gasteiger partial charge in [-0.2, -0.15) is 0 Å². The van der Waals surface area contributed by atoms with Gasteiger partial charge in [0.25, 0.3) is 11.8 Å². The van der Waals surface area contributed by atoms with Crippen molar-refractivity contribution in [3.63, 3.8) is 0 Å². The lowest BCUT2D eigenvalue weighted by molar-refractivity contribution is -0.155. The number of hydrogen-bond acceptors (Lipinski definition) is 6. The average Bonchev–Trinajstić information content (AvgIpc) is 2.73. The molecule has 2 amide bonds. The standard InChI is InChI=1S/C21H24N2O6/c1-14(22-19(24)13-28-16-9-5-4-6-10-16)21(26)29-15(2)20(25)23-17-11-7-8-12-18(17)27-3/h4-12,14-15H,13H2,1-3H3,(H,22,24)(H,23,25)/t14-,15+/m0/s1. The van der Waals surface area contributed by atoms with Crippen LogP contribution in [-0.2, 0) is 19.1 Å². The molecule has 0 heterocycles. The zero-order chi connectivity index (χ0) is 21.2. The summed E-state index contributed by atoms with van der Waals surface area (Å²) in [5.41, 5.74) is 0.460. The van der Waals surface area contributed by atoms with Crippen molar-refractivity contribution in [1.29, 1.82) is 0 Å². The number of benzene rings is 2. The summed E-state index contributed by atoms with van der Waals surface area (Å²) in [6.45, 7) is 2.66. The van der Waals surface area contributed by atoms with Crippen molar-refractivity contribution in [1.82, 2.24) is 5.32 Å². The number of amides is 2. The fraction of sp³-hybridized carbons (Fsp3) is 0.286. The Bertz CT molecular complexity index is 840. The van der Waals surface area contributed by atoms with Gasteiger partial charge in [-0.3, -0.25) is 9.59 Å². The number of carbonyl (C=O) groups excluding carboxylic acids is 3. The van der Waals surface area contributed by atoms with E-state index in [-0.39, 0.29) is 6.61 Å². The lowest BCUT2D eigenvalue weighted by Gasteiger charge is -2.18. The van der Waals surface area contributed by atoms with Crippen molar-refractivity contribution in [2.24, 2.45) is 0 Å². The van der Waals surface area contributed by atoms with E-state index in [0.29, 0.717) is 17.2 Å². The van der Waals surface area contributed by atoms with Crippen LogP contribution in [0.15, 0.2) is 54.6 Å². The van der Waals surface area contributed by atoms with Crippen LogP contribution in [0.2, 0.25) is 0 Å². The van der Waals surface area contributed by atoms with Crippen LogP contribution in [0.5, 0.6) is 11.5 Å². The summed E-state index contributed by atoms with van der Waals surface area (Å²) in [6.07, 6.45) is -1.06. The molecule has 2 atom stereocenters. The highest BCUT2D eigenvalue weighted by atomic mass is 16.5. The van der Waals surface area contributed by atoms with Gasteiger partial charge in [0.15, 0.2) is 12.7 Å². The second kappa shape index (κ2) is 10.7. The molecule has 0 saturated heterocycles. The quantitative estimate of drug-likeness (QED) is 0.625. The van der Waals surface area contributed by atoms with Crippen molar-refractivity contribution >= 4 is 23.5 Å². The van der Waals surface area contributed by atoms with Crippen LogP contribution in [0, 0.1) is 0 Å². The fourth-order valence-corrected chi connectivity index (χ4v) is 2.32. The molecule has 0 aliphatic heterocycles. The van der Waals surface area contributed by atoms with Gasteiger partial charge in [0, 0.05) is 0 Å². The molecule has 2 N–H and O–H groups in total. The summed E-state index contributed by atoms with van der Waals surface area (Å²) >= 11 is 0. The Morgan fingerprint density at radius 3 is 2.31 bits per heavy atom. The third kappa shape index (κ3) is 6.84. The molecule has 0 aliphatic carbocycles. The molecule has 2 aromatic rings. The maximum Gasteiger partial charge on any atom is 0.329 e. The van der Waals surface area contributed by atoms with Crippen LogP contribution >= 0.6 is 0 Å². The molecule has 154 valence electrons. The van der Waals surface area contributed by atoms with E-state index in [1.165, 1.54) is 21.0 Å². The van der Waals surface area contributed by atoms with E-state index in [2.05, 4.69) is 10.6 Å². The summed E-state index contributed by atoms with van der Waals surface area (Å²) in [7, 11) is 1.49. The molecular formula is C21H24N2O6. The number of hydrogen-bond donors (Lipinski definition) is 2. The molecule has 0 unspecified atom stereocenters. The molecule has 2 aromatic carbocycles. The molecule has 29 heavy (non-hydrogen) atoms. The van der Waals surface area contributed by atoms with E-state index in [9.17, 15) is 14.4 Å². The Kier molecular flexibility index (Phi) is 8.02. The summed E-state index contributed by atoms with van der Waals surface area (Å²) in [5, 5.41) is 5.11. The Balaban J connectivity index is 1.80. The Morgan fingerprint density at radius 2 is 1.62 bits per heavy atom. The first-order chi connectivity index (χ1) is 13.9. The SMILES string of the molecule is COc1ccccc1NC(=O)[C@@H](C)OC(=O)[C@H](C)NC(=O)COc1ccccc1. The zero-order valence-corrected chi connectivity index (χ0v) is 16.5. The Hall–Kier alpha value is -3.55. The fourth-order valence-electron chi connectivity index (χ4n) is 2.32. The number of anilines is 1. The normalized spacial score (nSPS) is 12.2. The monoisotopic (exact) mass is 400 g/mol. The molecule has 8 nitrogen and oxygen atoms in total. The summed E-state index contributed by atoms with van der Waals surface area (Å²) in [6, 6.07) is 14.8. The summed E-state index contributed by atoms with van der Waals surface area (Å²) < 4.78 is 15.6. The number of esters is 1. The topological polar surface area (TPSA) is 103 Å². The van der Waals surface area contributed by atoms with Gasteiger partial charge in [0.2, 0.25) is 0 Å². The van der Waals surface area contributed by atoms with E-state index < -0.39 is 29.9 Å². The van der Waals surface area contributed by atoms with Crippen molar-refractivity contribution in [2.75, 3.05) is 19.0 Å². The van der Waals surface area contributed by atoms with Crippen molar-refractivity contribution < 1.29 is 28.6 Å². The summed E-state index contributed by atoms with van der Waals surface area (Å²) in [4.78, 5) is 36.4. The number of para-hydroxylation sites is 3. The van der Waals surface area contributed by atoms with Gasteiger partial charge in [0.1, 0.15) is 17.5 Å². The molecule has 0 spiro atoms. The number of ether oxygens (including phenoxy) is 3. The van der Waals surface area contributed by atoms with Gasteiger partial charge in [-0.15, -0.1) is 0 Å². The highest BCUT2D eigenvalue weighted by Gasteiger charge is 2.24. The van der Waals surface area contributed by atoms with Crippen LogP contribution in [0.3, 0.4) is 0 Å². The highest BCUT2D eigenvalue weighted by Crippen LogP contribution is 2.23. The second-order valence-electron chi connectivity index (χ2n) is 6.16. The molecule has 0 aliphatic rings. The molecule has 0 saturated carbocycles. The van der Waals surface area contributed by atoms with Gasteiger partial charge in [-0.1, -0.05) is 30.3 Å². The van der Waals surface area contributed by atoms with Crippen LogP contribution in [0.25, 0.3) is 0 Å². The number of nitrogens with one attached hydrogen (secondary N) is 2. The van der Waals surface area contributed by atoms with E-state index in [4.69, 9.17) is 14.2 Å². The lowest BCUT2D eigenvalue weighted by Crippen LogP contribution is -2.44. The van der Waals surface area contributed by atoms with E-state index in [1.807, 2.05) is 6.07 Å². The molecule has 2 rings (SSSR count). The van der Waals surface area contributed by atoms with E-state index in [0.717, 1.165) is 0 Å². The molecular weight excluding hydrogens is 376 g/mol. The Labute approximate surface area is 169 Å². The van der Waals surface area contributed by atoms with E-state index in [1.54, 1.807) is 48.5 Å². The lowest BCUT2D eigenvalue weighted by atomic mass is 10.2. The van der Waals surface area contributed by atoms with Crippen LogP contribution in [0.1, 0.15) is 13.8 Å². The molecule has 0 radical (unpaired) electrons. The van der Waals surface area contributed by atoms with Crippen molar-refractivity contribution in [3.05, 3.63) is 54.6 Å². The van der Waals surface area contributed by atoms with Gasteiger partial charge >= 0.3 is 5.97 Å². The van der Waals surface area contributed by atoms with Crippen LogP contribution in [0.4, 0.5) is 5.69 Å². The number of rotatable bonds is 9. The van der Waals surface area contributed by atoms with Gasteiger partial charge in [0.05, 0.1) is 12.8 Å². The maximum absolute atomic E-state index is 12.3. The first-order valence-corrected chi connectivity index (χ1v) is 9.02. The average molecular weight is 400 g/mol. The second-order valence-corrected chi connectivity index (χ2v) is 6.16. The summed E-state index contributed by atoms with van der Waals surface area (Å²) in [5.74, 6) is -0.711. The van der Waals surface area contributed by atoms with Crippen LogP contribution in [-0.4, -0.2) is 43.6 Å². The number of carbonyl (C=O) groups is 3. The zero-order valence-electron chi connectivity index (χ0n) is 16.5. The molecule has 0 fully saturated rings. The van der Waals surface area contributed by atoms with Gasteiger partial charge < -0.3 is 24.8 Å². The predicted molar refractivity (Wildman–Crippen MR) is 107 cm³/mol. The largest absolute Gasteiger partial charge is 0.495 e. The van der Waals surface area contributed by atoms with Crippen LogP contribution < -0.4 is 20.1 Å². The van der Waals surface area contributed by atoms with Gasteiger partial charge in [-0.25, -0.2) is 4.79 Å². The highest BCUT2D eigenvalue weighted by molar-refractivity contribution is 5.96. The molecule has 0 bridgehead atoms. The maximum atomic E-state index is 12.3. The minimum Gasteiger partial charge on any atom is -0.495 e. The van der Waals surface area contributed by atoms with Crippen molar-refractivity contribution in [3.8, 4) is 11.5 Å². The first-order valence-electron chi connectivity index (χ1n) is 9.02. The third-order valence-electron chi connectivity index (χ3n) is 3.87. The van der Waals surface area contributed by atoms with E-state index >= 15 is 0 Å². The predicted octanol–water partition coefficient (Wildman–Crippen LogP) is 2.15. The molecule has 0 aromatic heterocycles. The number of methoxy groups -OCH3 is 1. The van der Waals surface area contributed by atoms with Gasteiger partial charge in [-0.05, 0) is 38.1 Å². The molecule has 8 heteroatoms. The first kappa shape index (κ1) is 21.7.